The molecule has 21 heavy (non-hydrogen) atoms. The van der Waals surface area contributed by atoms with E-state index in [1.807, 2.05) is 0 Å². The largest absolute Gasteiger partial charge is 0.329 e. The number of amides is 3. The van der Waals surface area contributed by atoms with Gasteiger partial charge in [0.25, 0.3) is 5.91 Å². The van der Waals surface area contributed by atoms with Crippen molar-refractivity contribution in [2.24, 2.45) is 4.99 Å². The third-order valence-electron chi connectivity index (χ3n) is 2.83. The molecule has 3 amide bonds. The van der Waals surface area contributed by atoms with Crippen LogP contribution in [-0.4, -0.2) is 29.4 Å². The highest BCUT2D eigenvalue weighted by atomic mass is 32.2. The Balaban J connectivity index is 2.45. The molecular weight excluding hydrogens is 290 g/mol. The maximum atomic E-state index is 12.1. The predicted octanol–water partition coefficient (Wildman–Crippen LogP) is 1.55. The number of para-hydroxylation sites is 2. The quantitative estimate of drug-likeness (QED) is 0.284. The second-order valence-electron chi connectivity index (χ2n) is 4.19. The van der Waals surface area contributed by atoms with Gasteiger partial charge in [-0.15, -0.1) is 0 Å². The molecule has 1 atom stereocenters. The first kappa shape index (κ1) is 14.9. The van der Waals surface area contributed by atoms with Crippen molar-refractivity contribution in [3.05, 3.63) is 24.3 Å². The topological polar surface area (TPSA) is 97.6 Å². The lowest BCUT2D eigenvalue weighted by molar-refractivity contribution is -0.117. The van der Waals surface area contributed by atoms with Gasteiger partial charge in [0.1, 0.15) is 6.04 Å². The summed E-state index contributed by atoms with van der Waals surface area (Å²) in [5.41, 5.74) is 0.817. The zero-order valence-corrected chi connectivity index (χ0v) is 12.3. The number of amidine groups is 1. The van der Waals surface area contributed by atoms with Gasteiger partial charge in [-0.1, -0.05) is 23.9 Å². The summed E-state index contributed by atoms with van der Waals surface area (Å²) < 4.78 is 0. The minimum Gasteiger partial charge on any atom is -0.326 e. The normalized spacial score (nSPS) is 18.4. The predicted molar refractivity (Wildman–Crippen MR) is 81.3 cm³/mol. The second-order valence-corrected chi connectivity index (χ2v) is 4.99. The van der Waals surface area contributed by atoms with E-state index >= 15 is 0 Å². The number of thioether (sulfide) groups is 1. The van der Waals surface area contributed by atoms with Gasteiger partial charge >= 0.3 is 6.03 Å². The maximum absolute atomic E-state index is 12.1. The molecule has 1 fully saturated rings. The van der Waals surface area contributed by atoms with E-state index in [1.165, 1.54) is 11.8 Å². The maximum Gasteiger partial charge on any atom is 0.329 e. The van der Waals surface area contributed by atoms with Crippen LogP contribution in [0.1, 0.15) is 6.92 Å². The van der Waals surface area contributed by atoms with Gasteiger partial charge in [0, 0.05) is 0 Å². The van der Waals surface area contributed by atoms with Crippen molar-refractivity contribution in [1.82, 2.24) is 10.6 Å². The van der Waals surface area contributed by atoms with Crippen LogP contribution in [0, 0.1) is 11.5 Å². The zero-order chi connectivity index (χ0) is 15.4. The van der Waals surface area contributed by atoms with E-state index in [9.17, 15) is 9.59 Å². The number of rotatable bonds is 2. The molecule has 0 aromatic heterocycles. The Bertz CT molecular complexity index is 652. The molecule has 8 heteroatoms. The smallest absolute Gasteiger partial charge is 0.326 e. The number of urea groups is 1. The molecule has 1 unspecified atom stereocenters. The van der Waals surface area contributed by atoms with Gasteiger partial charge in [-0.05, 0) is 25.3 Å². The lowest BCUT2D eigenvalue weighted by atomic mass is 10.2. The lowest BCUT2D eigenvalue weighted by Crippen LogP contribution is -2.31. The van der Waals surface area contributed by atoms with Crippen LogP contribution in [0.15, 0.2) is 29.3 Å². The van der Waals surface area contributed by atoms with Crippen molar-refractivity contribution in [1.29, 1.82) is 5.26 Å². The average Bonchev–Trinajstić information content (AvgIpc) is 2.72. The number of imide groups is 1. The lowest BCUT2D eigenvalue weighted by Gasteiger charge is -2.15. The Morgan fingerprint density at radius 1 is 1.48 bits per heavy atom. The Morgan fingerprint density at radius 2 is 2.19 bits per heavy atom. The molecule has 1 saturated heterocycles. The number of carbonyl (C=O) groups excluding carboxylic acids is 2. The van der Waals surface area contributed by atoms with Gasteiger partial charge in [0.05, 0.1) is 11.4 Å². The van der Waals surface area contributed by atoms with E-state index in [2.05, 4.69) is 15.6 Å². The van der Waals surface area contributed by atoms with Crippen LogP contribution in [0.4, 0.5) is 16.2 Å². The minimum atomic E-state index is -0.563. The van der Waals surface area contributed by atoms with Crippen LogP contribution in [0.2, 0.25) is 0 Å². The molecule has 2 rings (SSSR count). The van der Waals surface area contributed by atoms with E-state index in [1.54, 1.807) is 43.6 Å². The Hall–Kier alpha value is -2.53. The summed E-state index contributed by atoms with van der Waals surface area (Å²) in [6, 6.07) is 5.73. The number of hydrogen-bond acceptors (Lipinski definition) is 5. The van der Waals surface area contributed by atoms with Crippen molar-refractivity contribution in [3.63, 3.8) is 0 Å². The number of nitriles is 1. The van der Waals surface area contributed by atoms with Gasteiger partial charge < -0.3 is 5.32 Å². The Labute approximate surface area is 126 Å². The van der Waals surface area contributed by atoms with Crippen molar-refractivity contribution >= 4 is 40.2 Å². The molecular formula is C13H13N5O2S. The summed E-state index contributed by atoms with van der Waals surface area (Å²) in [4.78, 5) is 29.3. The highest BCUT2D eigenvalue weighted by Crippen LogP contribution is 2.31. The molecule has 1 aliphatic rings. The fraction of sp³-hybridized carbons (Fsp3) is 0.231. The standard InChI is InChI=1S/C13H13N5O2S/c1-8-11(19)18(13(20)16-8)10-6-4-3-5-9(10)17-12(21-2)15-7-14/h3-6,8H,1-2H3,(H,15,17)(H,16,20). The third kappa shape index (κ3) is 2.98. The van der Waals surface area contributed by atoms with Gasteiger partial charge in [-0.3, -0.25) is 10.1 Å². The summed E-state index contributed by atoms with van der Waals surface area (Å²) in [6.45, 7) is 1.62. The first-order chi connectivity index (χ1) is 10.1. The molecule has 7 nitrogen and oxygen atoms in total. The van der Waals surface area contributed by atoms with Crippen LogP contribution in [0.5, 0.6) is 0 Å². The first-order valence-corrected chi connectivity index (χ1v) is 7.32. The molecule has 0 bridgehead atoms. The highest BCUT2D eigenvalue weighted by Gasteiger charge is 2.37. The van der Waals surface area contributed by atoms with Crippen molar-refractivity contribution in [3.8, 4) is 6.19 Å². The van der Waals surface area contributed by atoms with E-state index in [0.717, 1.165) is 4.90 Å². The Kier molecular flexibility index (Phi) is 4.45. The number of nitrogens with zero attached hydrogens (tertiary/aromatic N) is 3. The molecule has 0 spiro atoms. The van der Waals surface area contributed by atoms with E-state index in [0.29, 0.717) is 16.5 Å². The first-order valence-electron chi connectivity index (χ1n) is 6.09. The van der Waals surface area contributed by atoms with Gasteiger partial charge in [-0.25, -0.2) is 14.7 Å². The third-order valence-corrected chi connectivity index (χ3v) is 3.41. The fourth-order valence-corrected chi connectivity index (χ4v) is 2.20. The molecule has 1 aromatic rings. The van der Waals surface area contributed by atoms with Crippen molar-refractivity contribution in [2.45, 2.75) is 13.0 Å². The average molecular weight is 303 g/mol. The molecule has 1 heterocycles. The summed E-state index contributed by atoms with van der Waals surface area (Å²) >= 11 is 1.26. The van der Waals surface area contributed by atoms with E-state index in [-0.39, 0.29) is 5.91 Å². The summed E-state index contributed by atoms with van der Waals surface area (Å²) in [5, 5.41) is 14.0. The van der Waals surface area contributed by atoms with Crippen LogP contribution in [-0.2, 0) is 4.79 Å². The summed E-state index contributed by atoms with van der Waals surface area (Å²) in [6.07, 6.45) is 3.56. The van der Waals surface area contributed by atoms with Crippen molar-refractivity contribution in [2.75, 3.05) is 11.2 Å². The summed E-state index contributed by atoms with van der Waals surface area (Å²) in [5.74, 6) is -0.332. The van der Waals surface area contributed by atoms with Gasteiger partial charge in [0.2, 0.25) is 0 Å². The molecule has 0 radical (unpaired) electrons. The number of nitrogens with one attached hydrogen (secondary N) is 2. The van der Waals surface area contributed by atoms with E-state index < -0.39 is 12.1 Å². The van der Waals surface area contributed by atoms with Crippen LogP contribution in [0.25, 0.3) is 0 Å². The molecule has 0 saturated carbocycles. The van der Waals surface area contributed by atoms with E-state index in [4.69, 9.17) is 5.26 Å². The number of anilines is 1. The Morgan fingerprint density at radius 3 is 2.76 bits per heavy atom. The number of benzene rings is 1. The number of carbonyl (C=O) groups is 2. The highest BCUT2D eigenvalue weighted by molar-refractivity contribution is 8.13. The molecule has 1 aliphatic heterocycles. The van der Waals surface area contributed by atoms with Crippen LogP contribution >= 0.6 is 11.8 Å². The molecule has 108 valence electrons. The SMILES string of the molecule is CSC(=Nc1ccccc1N1C(=O)NC(C)C1=O)NC#N. The second kappa shape index (κ2) is 6.28. The van der Waals surface area contributed by atoms with Crippen LogP contribution in [0.3, 0.4) is 0 Å². The summed E-state index contributed by atoms with van der Waals surface area (Å²) in [7, 11) is 0. The van der Waals surface area contributed by atoms with Gasteiger partial charge in [0.15, 0.2) is 11.4 Å². The zero-order valence-electron chi connectivity index (χ0n) is 11.5. The number of aliphatic imine (C=N–C) groups is 1. The monoisotopic (exact) mass is 303 g/mol. The van der Waals surface area contributed by atoms with Crippen LogP contribution < -0.4 is 15.5 Å². The fourth-order valence-electron chi connectivity index (χ4n) is 1.86. The minimum absolute atomic E-state index is 0.332. The van der Waals surface area contributed by atoms with Gasteiger partial charge in [-0.2, -0.15) is 5.26 Å². The molecule has 2 N–H and O–H groups in total. The van der Waals surface area contributed by atoms with Crippen molar-refractivity contribution < 1.29 is 9.59 Å². The number of hydrogen-bond donors (Lipinski definition) is 2. The molecule has 0 aliphatic carbocycles. The molecule has 1 aromatic carbocycles.